The fourth-order valence-electron chi connectivity index (χ4n) is 4.74. The molecule has 1 N–H and O–H groups in total. The highest BCUT2D eigenvalue weighted by Crippen LogP contribution is 2.35. The molecule has 0 aliphatic carbocycles. The zero-order valence-corrected chi connectivity index (χ0v) is 19.4. The summed E-state index contributed by atoms with van der Waals surface area (Å²) in [4.78, 5) is 15.9. The number of fused-ring (bicyclic) bond motifs is 1. The third-order valence-corrected chi connectivity index (χ3v) is 6.33. The summed E-state index contributed by atoms with van der Waals surface area (Å²) in [5.41, 5.74) is 3.67. The second kappa shape index (κ2) is 9.19. The number of ether oxygens (including phenoxy) is 1. The number of benzene rings is 1. The van der Waals surface area contributed by atoms with Crippen LogP contribution in [0.1, 0.15) is 50.0 Å². The van der Waals surface area contributed by atoms with E-state index in [9.17, 15) is 0 Å². The van der Waals surface area contributed by atoms with Crippen molar-refractivity contribution in [3.63, 3.8) is 0 Å². The van der Waals surface area contributed by atoms with E-state index >= 15 is 0 Å². The van der Waals surface area contributed by atoms with Crippen molar-refractivity contribution < 1.29 is 4.74 Å². The Morgan fingerprint density at radius 3 is 2.76 bits per heavy atom. The second-order valence-corrected chi connectivity index (χ2v) is 8.81. The lowest BCUT2D eigenvalue weighted by Gasteiger charge is -2.24. The normalized spacial score (nSPS) is 16.5. The van der Waals surface area contributed by atoms with Gasteiger partial charge >= 0.3 is 0 Å². The minimum Gasteiger partial charge on any atom is -0.497 e. The van der Waals surface area contributed by atoms with E-state index in [-0.39, 0.29) is 6.04 Å². The zero-order chi connectivity index (χ0) is 22.8. The zero-order valence-electron chi connectivity index (χ0n) is 19.4. The van der Waals surface area contributed by atoms with Gasteiger partial charge in [-0.15, -0.1) is 0 Å². The first kappa shape index (κ1) is 21.4. The Labute approximate surface area is 194 Å². The number of nitrogens with one attached hydrogen (secondary N) is 1. The molecule has 0 bridgehead atoms. The van der Waals surface area contributed by atoms with E-state index in [1.54, 1.807) is 25.6 Å². The first-order valence-electron chi connectivity index (χ1n) is 11.5. The third kappa shape index (κ3) is 4.41. The van der Waals surface area contributed by atoms with Gasteiger partial charge in [-0.25, -0.2) is 15.0 Å². The molecule has 1 atom stereocenters. The number of rotatable bonds is 7. The Morgan fingerprint density at radius 2 is 1.97 bits per heavy atom. The first-order chi connectivity index (χ1) is 16.1. The quantitative estimate of drug-likeness (QED) is 0.408. The molecule has 3 aromatic heterocycles. The number of methoxy groups -OCH3 is 1. The van der Waals surface area contributed by atoms with Gasteiger partial charge in [0, 0.05) is 42.1 Å². The molecule has 0 amide bonds. The summed E-state index contributed by atoms with van der Waals surface area (Å²) in [6.45, 7) is 6.40. The molecule has 1 aliphatic rings. The van der Waals surface area contributed by atoms with E-state index in [1.165, 1.54) is 16.5 Å². The molecule has 5 rings (SSSR count). The molecule has 7 nitrogen and oxygen atoms in total. The predicted molar refractivity (Wildman–Crippen MR) is 131 cm³/mol. The van der Waals surface area contributed by atoms with Crippen LogP contribution in [0, 0.1) is 0 Å². The van der Waals surface area contributed by atoms with Gasteiger partial charge < -0.3 is 14.6 Å². The van der Waals surface area contributed by atoms with Crippen LogP contribution in [0.15, 0.2) is 61.1 Å². The maximum Gasteiger partial charge on any atom is 0.228 e. The minimum atomic E-state index is 0.284. The van der Waals surface area contributed by atoms with Crippen LogP contribution in [0.3, 0.4) is 0 Å². The SMILES string of the molecule is COc1ccc2c(c1)c(CN1CCC[C@@H]1c1cccc(Nc3ncccn3)n1)cn2C(C)C. The van der Waals surface area contributed by atoms with Crippen molar-refractivity contribution in [2.45, 2.75) is 45.3 Å². The van der Waals surface area contributed by atoms with Gasteiger partial charge in [-0.1, -0.05) is 6.07 Å². The van der Waals surface area contributed by atoms with Crippen LogP contribution in [0.25, 0.3) is 10.9 Å². The van der Waals surface area contributed by atoms with E-state index < -0.39 is 0 Å². The fourth-order valence-corrected chi connectivity index (χ4v) is 4.74. The molecular formula is C26H30N6O. The van der Waals surface area contributed by atoms with Gasteiger partial charge in [-0.3, -0.25) is 4.90 Å². The number of hydrogen-bond donors (Lipinski definition) is 1. The van der Waals surface area contributed by atoms with Gasteiger partial charge in [0.25, 0.3) is 0 Å². The van der Waals surface area contributed by atoms with Crippen LogP contribution in [0.2, 0.25) is 0 Å². The first-order valence-corrected chi connectivity index (χ1v) is 11.5. The predicted octanol–water partition coefficient (Wildman–Crippen LogP) is 5.50. The molecule has 33 heavy (non-hydrogen) atoms. The molecule has 1 aliphatic heterocycles. The summed E-state index contributed by atoms with van der Waals surface area (Å²) in [5, 5.41) is 4.48. The van der Waals surface area contributed by atoms with Crippen LogP contribution in [-0.4, -0.2) is 38.1 Å². The standard InChI is InChI=1S/C26H30N6O/c1-18(2)32-17-19(21-15-20(33-3)10-11-23(21)32)16-31-14-5-8-24(31)22-7-4-9-25(29-22)30-26-27-12-6-13-28-26/h4,6-7,9-13,15,17-18,24H,5,8,14,16H2,1-3H3,(H,27,28,29,30)/t24-/m1/s1. The summed E-state index contributed by atoms with van der Waals surface area (Å²) in [6, 6.07) is 15.0. The topological polar surface area (TPSA) is 68.1 Å². The molecule has 4 heterocycles. The number of hydrogen-bond acceptors (Lipinski definition) is 6. The van der Waals surface area contributed by atoms with Crippen LogP contribution in [0.5, 0.6) is 5.75 Å². The van der Waals surface area contributed by atoms with E-state index in [2.05, 4.69) is 69.1 Å². The number of nitrogens with zero attached hydrogens (tertiary/aromatic N) is 5. The number of aromatic nitrogens is 4. The van der Waals surface area contributed by atoms with Crippen LogP contribution in [0.4, 0.5) is 11.8 Å². The highest BCUT2D eigenvalue weighted by Gasteiger charge is 2.28. The molecule has 4 aromatic rings. The largest absolute Gasteiger partial charge is 0.497 e. The maximum absolute atomic E-state index is 5.52. The lowest BCUT2D eigenvalue weighted by molar-refractivity contribution is 0.245. The molecule has 1 saturated heterocycles. The molecule has 1 fully saturated rings. The maximum atomic E-state index is 5.52. The average molecular weight is 443 g/mol. The minimum absolute atomic E-state index is 0.284. The monoisotopic (exact) mass is 442 g/mol. The summed E-state index contributed by atoms with van der Waals surface area (Å²) in [7, 11) is 1.73. The molecule has 0 unspecified atom stereocenters. The van der Waals surface area contributed by atoms with E-state index in [0.717, 1.165) is 43.2 Å². The van der Waals surface area contributed by atoms with Gasteiger partial charge in [0.2, 0.25) is 5.95 Å². The summed E-state index contributed by atoms with van der Waals surface area (Å²) >= 11 is 0. The van der Waals surface area contributed by atoms with Crippen LogP contribution in [-0.2, 0) is 6.54 Å². The van der Waals surface area contributed by atoms with Crippen molar-refractivity contribution in [3.8, 4) is 5.75 Å². The fraction of sp³-hybridized carbons (Fsp3) is 0.346. The lowest BCUT2D eigenvalue weighted by atomic mass is 10.1. The highest BCUT2D eigenvalue weighted by atomic mass is 16.5. The number of pyridine rings is 1. The Kier molecular flexibility index (Phi) is 5.96. The summed E-state index contributed by atoms with van der Waals surface area (Å²) in [6.07, 6.45) is 8.02. The van der Waals surface area contributed by atoms with Gasteiger partial charge in [0.1, 0.15) is 11.6 Å². The molecular weight excluding hydrogens is 412 g/mol. The van der Waals surface area contributed by atoms with E-state index in [4.69, 9.17) is 9.72 Å². The van der Waals surface area contributed by atoms with Crippen molar-refractivity contribution >= 4 is 22.7 Å². The molecule has 7 heteroatoms. The lowest BCUT2D eigenvalue weighted by Crippen LogP contribution is -2.23. The van der Waals surface area contributed by atoms with Gasteiger partial charge in [-0.2, -0.15) is 0 Å². The Hall–Kier alpha value is -3.45. The Bertz CT molecular complexity index is 1240. The van der Waals surface area contributed by atoms with Gasteiger partial charge in [-0.05, 0) is 75.2 Å². The third-order valence-electron chi connectivity index (χ3n) is 6.33. The Balaban J connectivity index is 1.42. The molecule has 0 radical (unpaired) electrons. The van der Waals surface area contributed by atoms with Crippen molar-refractivity contribution in [2.24, 2.45) is 0 Å². The average Bonchev–Trinajstić information content (AvgIpc) is 3.45. The van der Waals surface area contributed by atoms with E-state index in [0.29, 0.717) is 12.0 Å². The molecule has 0 spiro atoms. The van der Waals surface area contributed by atoms with Crippen molar-refractivity contribution in [1.29, 1.82) is 0 Å². The van der Waals surface area contributed by atoms with Gasteiger partial charge in [0.15, 0.2) is 0 Å². The van der Waals surface area contributed by atoms with Crippen LogP contribution < -0.4 is 10.1 Å². The van der Waals surface area contributed by atoms with Gasteiger partial charge in [0.05, 0.1) is 18.8 Å². The van der Waals surface area contributed by atoms with Crippen LogP contribution >= 0.6 is 0 Å². The molecule has 170 valence electrons. The number of likely N-dealkylation sites (tertiary alicyclic amines) is 1. The summed E-state index contributed by atoms with van der Waals surface area (Å²) < 4.78 is 7.88. The van der Waals surface area contributed by atoms with Crippen molar-refractivity contribution in [1.82, 2.24) is 24.4 Å². The Morgan fingerprint density at radius 1 is 1.12 bits per heavy atom. The van der Waals surface area contributed by atoms with E-state index in [1.807, 2.05) is 12.1 Å². The van der Waals surface area contributed by atoms with Crippen molar-refractivity contribution in [3.05, 3.63) is 72.3 Å². The number of anilines is 2. The van der Waals surface area contributed by atoms with Crippen molar-refractivity contribution in [2.75, 3.05) is 19.0 Å². The molecule has 0 saturated carbocycles. The summed E-state index contributed by atoms with van der Waals surface area (Å²) in [5.74, 6) is 2.22. The smallest absolute Gasteiger partial charge is 0.228 e. The molecule has 1 aromatic carbocycles. The highest BCUT2D eigenvalue weighted by molar-refractivity contribution is 5.85. The second-order valence-electron chi connectivity index (χ2n) is 8.81.